The molecule has 7 fully saturated rings. The molecule has 22 N–H and O–H groups in total. The van der Waals surface area contributed by atoms with Gasteiger partial charge in [0.1, 0.15) is 164 Å². The number of nitrogens with two attached hydrogens (primary N) is 1. The van der Waals surface area contributed by atoms with Gasteiger partial charge < -0.3 is 174 Å². The summed E-state index contributed by atoms with van der Waals surface area (Å²) < 4.78 is 79.3. The van der Waals surface area contributed by atoms with Crippen LogP contribution in [0.4, 0.5) is 5.69 Å². The van der Waals surface area contributed by atoms with E-state index in [1.165, 1.54) is 6.07 Å². The Bertz CT molecular complexity index is 2190. The molecule has 36 nitrogen and oxygen atoms in total. The molecule has 1 aromatic carbocycles. The Hall–Kier alpha value is -2.99. The molecule has 470 valence electrons. The second-order valence-electron chi connectivity index (χ2n) is 20.5. The fourth-order valence-corrected chi connectivity index (χ4v) is 9.88. The summed E-state index contributed by atoms with van der Waals surface area (Å²) in [7, 11) is 0. The minimum Gasteiger partial charge on any atom is -0.478 e. The van der Waals surface area contributed by atoms with E-state index in [1.807, 2.05) is 0 Å². The van der Waals surface area contributed by atoms with Crippen molar-refractivity contribution in [3.63, 3.8) is 0 Å². The van der Waals surface area contributed by atoms with Crippen molar-refractivity contribution in [3.8, 4) is 5.75 Å². The number of carbonyl (C=O) groups is 1. The van der Waals surface area contributed by atoms with Crippen LogP contribution < -0.4 is 10.5 Å². The summed E-state index contributed by atoms with van der Waals surface area (Å²) in [6.07, 6.45) is -61.7. The topological polar surface area (TPSA) is 577 Å². The average molecular weight is 1200 g/mol. The second-order valence-corrected chi connectivity index (χ2v) is 20.5. The number of anilines is 1. The predicted octanol–water partition coefficient (Wildman–Crippen LogP) is -13.0. The molecule has 0 amide bonds. The van der Waals surface area contributed by atoms with Gasteiger partial charge in [0.2, 0.25) is 6.29 Å². The van der Waals surface area contributed by atoms with Crippen molar-refractivity contribution in [1.29, 1.82) is 0 Å². The standard InChI is InChI=1S/C46H71NO35/c47-11-1-2-16(12(3-11)39(67)68)75-43-33(64)26(57)36(17(4-48)76-43)80-45-34(65)27(58)38(20(78-45)10-74-42-31(62)23(54)15(51)7-71-42)82-46-35(66)28(59)37(19(79-46)9-73-41-30(61)22(53)14(50)6-70-41)81-44-32(63)25(56)24(55)18(77-44)8-72-40-29(60)21(52)13(49)5-69-40/h1-3,13-15,17-38,40-46,48-66H,4-10,47H2,(H,67,68)/t13-,14-,15-,17+,18?,19+,20?,21+,22?,23+,24-,25+,26?,27-,28?,29?,30?,31?,32?,33?,34?,35?,36-,37-,38-,40-,41-,42-,43-,44+,45+,46+/m1/s1. The molecule has 32 atom stereocenters. The predicted molar refractivity (Wildman–Crippen MR) is 250 cm³/mol. The highest BCUT2D eigenvalue weighted by atomic mass is 16.8. The summed E-state index contributed by atoms with van der Waals surface area (Å²) in [5.41, 5.74) is 5.26. The fraction of sp³-hybridized carbons (Fsp3) is 0.848. The lowest BCUT2D eigenvalue weighted by Crippen LogP contribution is -2.68. The molecule has 0 spiro atoms. The first-order valence-corrected chi connectivity index (χ1v) is 25.7. The summed E-state index contributed by atoms with van der Waals surface area (Å²) in [6, 6.07) is 3.44. The lowest BCUT2D eigenvalue weighted by molar-refractivity contribution is -0.393. The van der Waals surface area contributed by atoms with Crippen LogP contribution >= 0.6 is 0 Å². The van der Waals surface area contributed by atoms with E-state index in [4.69, 9.17) is 72.0 Å². The minimum atomic E-state index is -2.34. The van der Waals surface area contributed by atoms with Gasteiger partial charge in [-0.25, -0.2) is 4.79 Å². The number of nitrogen functional groups attached to an aromatic ring is 1. The number of hydrogen-bond acceptors (Lipinski definition) is 35. The molecule has 7 heterocycles. The molecular weight excluding hydrogens is 1130 g/mol. The van der Waals surface area contributed by atoms with Gasteiger partial charge in [-0.2, -0.15) is 0 Å². The molecule has 7 saturated heterocycles. The molecule has 0 bridgehead atoms. The van der Waals surface area contributed by atoms with Crippen LogP contribution in [0.1, 0.15) is 10.4 Å². The Morgan fingerprint density at radius 2 is 0.768 bits per heavy atom. The third kappa shape index (κ3) is 14.0. The van der Waals surface area contributed by atoms with E-state index < -0.39 is 254 Å². The molecular formula is C46H71NO35. The summed E-state index contributed by atoms with van der Waals surface area (Å²) in [5, 5.41) is 215. The van der Waals surface area contributed by atoms with Crippen molar-refractivity contribution in [2.24, 2.45) is 0 Å². The van der Waals surface area contributed by atoms with Gasteiger partial charge in [0.15, 0.2) is 37.7 Å². The van der Waals surface area contributed by atoms with E-state index in [0.717, 1.165) is 12.1 Å². The van der Waals surface area contributed by atoms with Crippen LogP contribution in [0.2, 0.25) is 0 Å². The van der Waals surface area contributed by atoms with Crippen molar-refractivity contribution in [1.82, 2.24) is 0 Å². The van der Waals surface area contributed by atoms with Crippen molar-refractivity contribution >= 4 is 11.7 Å². The highest BCUT2D eigenvalue weighted by Gasteiger charge is 2.57. The minimum absolute atomic E-state index is 0.0289. The SMILES string of the molecule is Nc1ccc(O[C@@H]2O[C@@H](CO)[C@@H](O[C@@H]3OC(CO[C@H]4OC[C@@H](O)[C@H](O)C4O)[C@@H](O[C@@H]4O[C@@H](CO[C@H]5OC[C@@H](O)C(O)C5O)[C@@H](O[C@@H]5OC(CO[C@H]6OC[C@@H](O)[C@H](O)C6O)[C@@H](O)[C@H](O)C5O)C(O)C4O)[C@H](O)C3O)C(O)C2O)c(C(=O)O)c1. The molecule has 7 aliphatic rings. The van der Waals surface area contributed by atoms with E-state index in [1.54, 1.807) is 0 Å². The molecule has 8 rings (SSSR count). The highest BCUT2D eigenvalue weighted by Crippen LogP contribution is 2.37. The maximum atomic E-state index is 11.9. The number of aliphatic hydroxyl groups is 19. The van der Waals surface area contributed by atoms with Crippen LogP contribution in [0.3, 0.4) is 0 Å². The smallest absolute Gasteiger partial charge is 0.339 e. The molecule has 1 aromatic rings. The number of rotatable bonds is 19. The monoisotopic (exact) mass is 1200 g/mol. The molecule has 7 aliphatic heterocycles. The van der Waals surface area contributed by atoms with Gasteiger partial charge in [0, 0.05) is 5.69 Å². The Kier molecular flexibility index (Phi) is 22.0. The average Bonchev–Trinajstić information content (AvgIpc) is 3.52. The van der Waals surface area contributed by atoms with Crippen LogP contribution in [-0.4, -0.2) is 351 Å². The Morgan fingerprint density at radius 1 is 0.427 bits per heavy atom. The Balaban J connectivity index is 1.02. The number of aliphatic hydroxyl groups excluding tert-OH is 19. The van der Waals surface area contributed by atoms with Crippen molar-refractivity contribution in [3.05, 3.63) is 23.8 Å². The number of carboxylic acid groups (broad SMARTS) is 1. The van der Waals surface area contributed by atoms with E-state index in [2.05, 4.69) is 0 Å². The second kappa shape index (κ2) is 27.8. The zero-order valence-corrected chi connectivity index (χ0v) is 42.8. The first-order chi connectivity index (χ1) is 38.8. The lowest BCUT2D eigenvalue weighted by atomic mass is 9.95. The lowest BCUT2D eigenvalue weighted by Gasteiger charge is -2.49. The van der Waals surface area contributed by atoms with E-state index in [9.17, 15) is 107 Å². The van der Waals surface area contributed by atoms with Crippen LogP contribution in [-0.2, 0) is 61.6 Å². The third-order valence-corrected chi connectivity index (χ3v) is 14.8. The van der Waals surface area contributed by atoms with Gasteiger partial charge >= 0.3 is 5.97 Å². The first-order valence-electron chi connectivity index (χ1n) is 25.7. The van der Waals surface area contributed by atoms with E-state index in [0.29, 0.717) is 0 Å². The fourth-order valence-electron chi connectivity index (χ4n) is 9.88. The number of ether oxygens (including phenoxy) is 14. The Morgan fingerprint density at radius 3 is 1.17 bits per heavy atom. The highest BCUT2D eigenvalue weighted by molar-refractivity contribution is 5.92. The molecule has 0 aliphatic carbocycles. The van der Waals surface area contributed by atoms with Gasteiger partial charge in [-0.15, -0.1) is 0 Å². The van der Waals surface area contributed by atoms with Crippen molar-refractivity contribution in [2.75, 3.05) is 52.0 Å². The molecule has 0 radical (unpaired) electrons. The number of carboxylic acids is 1. The molecule has 0 saturated carbocycles. The zero-order valence-electron chi connectivity index (χ0n) is 42.8. The number of hydrogen-bond donors (Lipinski definition) is 21. The quantitative estimate of drug-likeness (QED) is 0.0572. The summed E-state index contributed by atoms with van der Waals surface area (Å²) in [5.74, 6) is -1.87. The van der Waals surface area contributed by atoms with Crippen LogP contribution in [0, 0.1) is 0 Å². The van der Waals surface area contributed by atoms with Crippen LogP contribution in [0.5, 0.6) is 5.75 Å². The van der Waals surface area contributed by atoms with Gasteiger partial charge in [-0.05, 0) is 18.2 Å². The van der Waals surface area contributed by atoms with Crippen molar-refractivity contribution < 1.29 is 173 Å². The van der Waals surface area contributed by atoms with Gasteiger partial charge in [0.05, 0.1) is 46.2 Å². The normalized spacial score (nSPS) is 48.6. The number of benzene rings is 1. The maximum Gasteiger partial charge on any atom is 0.339 e. The van der Waals surface area contributed by atoms with E-state index >= 15 is 0 Å². The summed E-state index contributed by atoms with van der Waals surface area (Å²) >= 11 is 0. The van der Waals surface area contributed by atoms with E-state index in [-0.39, 0.29) is 11.4 Å². The maximum absolute atomic E-state index is 11.9. The molecule has 82 heavy (non-hydrogen) atoms. The van der Waals surface area contributed by atoms with Crippen LogP contribution in [0.15, 0.2) is 18.2 Å². The van der Waals surface area contributed by atoms with Gasteiger partial charge in [-0.1, -0.05) is 0 Å². The Labute approximate surface area is 462 Å². The molecule has 36 heteroatoms. The zero-order chi connectivity index (χ0) is 59.8. The summed E-state index contributed by atoms with van der Waals surface area (Å²) in [6.45, 7) is -5.21. The number of aromatic carboxylic acids is 1. The largest absolute Gasteiger partial charge is 0.478 e. The first kappa shape index (κ1) is 65.0. The van der Waals surface area contributed by atoms with Gasteiger partial charge in [0.25, 0.3) is 0 Å². The third-order valence-electron chi connectivity index (χ3n) is 14.8. The molecule has 0 aromatic heterocycles. The van der Waals surface area contributed by atoms with Gasteiger partial charge in [-0.3, -0.25) is 0 Å². The molecule has 12 unspecified atom stereocenters. The van der Waals surface area contributed by atoms with Crippen LogP contribution in [0.25, 0.3) is 0 Å². The summed E-state index contributed by atoms with van der Waals surface area (Å²) in [4.78, 5) is 11.9. The van der Waals surface area contributed by atoms with Crippen molar-refractivity contribution in [2.45, 2.75) is 197 Å².